The van der Waals surface area contributed by atoms with Crippen LogP contribution in [-0.2, 0) is 29.3 Å². The molecule has 2 aliphatic rings. The minimum absolute atomic E-state index is 0.0648. The first-order valence-electron chi connectivity index (χ1n) is 19.3. The first-order valence-corrected chi connectivity index (χ1v) is 19.7. The molecule has 0 aliphatic carbocycles. The molecule has 0 saturated carbocycles. The lowest BCUT2D eigenvalue weighted by Crippen LogP contribution is -2.44. The number of hydrogen-bond donors (Lipinski definition) is 2. The van der Waals surface area contributed by atoms with Crippen molar-refractivity contribution >= 4 is 23.5 Å². The standard InChI is InChI=1S/C44H50ClN5O6/c1-29-34(9-5-11-36(29)37-12-6-14-40(30(37)2)54-18-8-16-49-15-7-10-33(25-49)43(47)51)28-56-42-21-41(55-27-32-19-31(22-46)23-48-24-32)35(20-38(42)45)26-50-17-4-3-13-39(50)44(52)53/h5-6,9,11-12,14,19-21,23-24,33,39H,3-4,7-8,10,13,15-18,25-28H2,1-2H3,(H2,47,51)(H,52,53)/t33?,39-/m0/s1. The minimum Gasteiger partial charge on any atom is -0.493 e. The van der Waals surface area contributed by atoms with Crippen LogP contribution in [0.25, 0.3) is 11.1 Å². The van der Waals surface area contributed by atoms with Crippen molar-refractivity contribution in [3.8, 4) is 34.4 Å². The van der Waals surface area contributed by atoms with Gasteiger partial charge in [0.25, 0.3) is 0 Å². The zero-order chi connectivity index (χ0) is 39.6. The predicted molar refractivity (Wildman–Crippen MR) is 215 cm³/mol. The number of carboxylic acids is 1. The maximum Gasteiger partial charge on any atom is 0.320 e. The zero-order valence-corrected chi connectivity index (χ0v) is 32.9. The van der Waals surface area contributed by atoms with Crippen molar-refractivity contribution in [3.63, 3.8) is 0 Å². The van der Waals surface area contributed by atoms with Gasteiger partial charge in [0.05, 0.1) is 23.1 Å². The maximum atomic E-state index is 12.1. The molecule has 2 saturated heterocycles. The van der Waals surface area contributed by atoms with Crippen LogP contribution in [0.3, 0.4) is 0 Å². The molecule has 2 atom stereocenters. The maximum absolute atomic E-state index is 12.1. The number of pyridine rings is 1. The molecular formula is C44H50ClN5O6. The molecule has 1 unspecified atom stereocenters. The number of rotatable bonds is 16. The number of nitrogens with two attached hydrogens (primary N) is 1. The fraction of sp³-hybridized carbons (Fsp3) is 0.409. The molecule has 56 heavy (non-hydrogen) atoms. The van der Waals surface area contributed by atoms with Crippen molar-refractivity contribution in [1.29, 1.82) is 5.26 Å². The summed E-state index contributed by atoms with van der Waals surface area (Å²) in [7, 11) is 0. The lowest BCUT2D eigenvalue weighted by atomic mass is 9.93. The lowest BCUT2D eigenvalue weighted by molar-refractivity contribution is -0.144. The third kappa shape index (κ3) is 10.2. The smallest absolute Gasteiger partial charge is 0.320 e. The highest BCUT2D eigenvalue weighted by Crippen LogP contribution is 2.37. The summed E-state index contributed by atoms with van der Waals surface area (Å²) < 4.78 is 19.0. The molecule has 2 fully saturated rings. The molecule has 1 amide bonds. The number of hydrogen-bond acceptors (Lipinski definition) is 9. The number of carbonyl (C=O) groups is 2. The molecule has 3 aromatic carbocycles. The molecule has 0 spiro atoms. The van der Waals surface area contributed by atoms with E-state index in [1.807, 2.05) is 29.2 Å². The van der Waals surface area contributed by atoms with E-state index in [1.54, 1.807) is 24.4 Å². The SMILES string of the molecule is Cc1c(COc2cc(OCc3cncc(C#N)c3)c(CN3CCCC[C@H]3C(=O)O)cc2Cl)cccc1-c1cccc(OCCCN2CCCC(C(N)=O)C2)c1C. The van der Waals surface area contributed by atoms with Crippen molar-refractivity contribution in [2.24, 2.45) is 11.7 Å². The molecule has 0 bridgehead atoms. The number of aliphatic carboxylic acids is 1. The summed E-state index contributed by atoms with van der Waals surface area (Å²) in [5, 5.41) is 19.7. The van der Waals surface area contributed by atoms with E-state index >= 15 is 0 Å². The van der Waals surface area contributed by atoms with Gasteiger partial charge in [0.1, 0.15) is 42.6 Å². The van der Waals surface area contributed by atoms with Gasteiger partial charge < -0.3 is 30.0 Å². The van der Waals surface area contributed by atoms with E-state index in [9.17, 15) is 20.0 Å². The molecule has 3 heterocycles. The number of carboxylic acid groups (broad SMARTS) is 1. The molecule has 12 heteroatoms. The third-order valence-corrected chi connectivity index (χ3v) is 11.2. The summed E-state index contributed by atoms with van der Waals surface area (Å²) in [4.78, 5) is 32.2. The number of aromatic nitrogens is 1. The summed E-state index contributed by atoms with van der Waals surface area (Å²) in [6.07, 6.45) is 8.22. The summed E-state index contributed by atoms with van der Waals surface area (Å²) in [6, 6.07) is 19.1. The number of piperidine rings is 2. The number of ether oxygens (including phenoxy) is 3. The Kier molecular flexibility index (Phi) is 13.8. The highest BCUT2D eigenvalue weighted by atomic mass is 35.5. The number of carbonyl (C=O) groups excluding carboxylic acids is 1. The first-order chi connectivity index (χ1) is 27.1. The Hall–Kier alpha value is -5.15. The Bertz CT molecular complexity index is 2070. The van der Waals surface area contributed by atoms with Gasteiger partial charge in [0, 0.05) is 49.2 Å². The van der Waals surface area contributed by atoms with E-state index in [4.69, 9.17) is 31.5 Å². The summed E-state index contributed by atoms with van der Waals surface area (Å²) in [5.41, 5.74) is 12.7. The lowest BCUT2D eigenvalue weighted by Gasteiger charge is -2.33. The van der Waals surface area contributed by atoms with Gasteiger partial charge in [-0.05, 0) is 105 Å². The second-order valence-electron chi connectivity index (χ2n) is 14.7. The zero-order valence-electron chi connectivity index (χ0n) is 32.1. The van der Waals surface area contributed by atoms with Crippen molar-refractivity contribution in [2.75, 3.05) is 32.8 Å². The fourth-order valence-electron chi connectivity index (χ4n) is 7.72. The fourth-order valence-corrected chi connectivity index (χ4v) is 7.96. The minimum atomic E-state index is -0.838. The van der Waals surface area contributed by atoms with Crippen molar-refractivity contribution < 1.29 is 28.9 Å². The monoisotopic (exact) mass is 779 g/mol. The highest BCUT2D eigenvalue weighted by Gasteiger charge is 2.29. The third-order valence-electron chi connectivity index (χ3n) is 10.9. The topological polar surface area (TPSA) is 151 Å². The molecule has 6 rings (SSSR count). The van der Waals surface area contributed by atoms with Crippen LogP contribution in [0.2, 0.25) is 5.02 Å². The van der Waals surface area contributed by atoms with Crippen molar-refractivity contribution in [3.05, 3.63) is 105 Å². The average molecular weight is 780 g/mol. The highest BCUT2D eigenvalue weighted by molar-refractivity contribution is 6.32. The molecule has 1 aromatic heterocycles. The molecule has 294 valence electrons. The number of primary amides is 1. The second kappa shape index (κ2) is 19.1. The van der Waals surface area contributed by atoms with Crippen LogP contribution < -0.4 is 19.9 Å². The molecule has 11 nitrogen and oxygen atoms in total. The quantitative estimate of drug-likeness (QED) is 0.110. The number of nitriles is 1. The van der Waals surface area contributed by atoms with Gasteiger partial charge in [-0.25, -0.2) is 0 Å². The van der Waals surface area contributed by atoms with Gasteiger partial charge in [0.15, 0.2) is 0 Å². The molecule has 0 radical (unpaired) electrons. The molecule has 4 aromatic rings. The Morgan fingerprint density at radius 2 is 1.70 bits per heavy atom. The van der Waals surface area contributed by atoms with Crippen LogP contribution in [0, 0.1) is 31.1 Å². The van der Waals surface area contributed by atoms with E-state index in [2.05, 4.69) is 41.9 Å². The first kappa shape index (κ1) is 40.5. The molecule has 3 N–H and O–H groups in total. The van der Waals surface area contributed by atoms with Gasteiger partial charge in [-0.1, -0.05) is 48.4 Å². The van der Waals surface area contributed by atoms with Crippen molar-refractivity contribution in [1.82, 2.24) is 14.8 Å². The van der Waals surface area contributed by atoms with Gasteiger partial charge in [0.2, 0.25) is 5.91 Å². The van der Waals surface area contributed by atoms with Crippen LogP contribution in [0.4, 0.5) is 0 Å². The van der Waals surface area contributed by atoms with E-state index in [-0.39, 0.29) is 25.0 Å². The Balaban J connectivity index is 1.16. The van der Waals surface area contributed by atoms with Crippen LogP contribution in [0.15, 0.2) is 67.0 Å². The van der Waals surface area contributed by atoms with Gasteiger partial charge in [-0.15, -0.1) is 0 Å². The molecule has 2 aliphatic heterocycles. The molecular weight excluding hydrogens is 730 g/mol. The van der Waals surface area contributed by atoms with Crippen LogP contribution >= 0.6 is 11.6 Å². The Labute approximate surface area is 333 Å². The number of likely N-dealkylation sites (tertiary alicyclic amines) is 2. The van der Waals surface area contributed by atoms with Crippen LogP contribution in [-0.4, -0.2) is 70.6 Å². The number of halogens is 1. The predicted octanol–water partition coefficient (Wildman–Crippen LogP) is 7.45. The van der Waals surface area contributed by atoms with E-state index in [1.165, 1.54) is 6.20 Å². The Morgan fingerprint density at radius 3 is 2.48 bits per heavy atom. The summed E-state index contributed by atoms with van der Waals surface area (Å²) >= 11 is 6.86. The van der Waals surface area contributed by atoms with Crippen molar-refractivity contribution in [2.45, 2.75) is 78.2 Å². The second-order valence-corrected chi connectivity index (χ2v) is 15.2. The largest absolute Gasteiger partial charge is 0.493 e. The summed E-state index contributed by atoms with van der Waals surface area (Å²) in [5.74, 6) is 0.683. The number of benzene rings is 3. The van der Waals surface area contributed by atoms with E-state index < -0.39 is 12.0 Å². The van der Waals surface area contributed by atoms with Gasteiger partial charge >= 0.3 is 5.97 Å². The van der Waals surface area contributed by atoms with E-state index in [0.717, 1.165) is 96.4 Å². The Morgan fingerprint density at radius 1 is 0.911 bits per heavy atom. The van der Waals surface area contributed by atoms with Crippen LogP contribution in [0.5, 0.6) is 17.2 Å². The number of nitrogens with zero attached hydrogens (tertiary/aromatic N) is 4. The normalized spacial score (nSPS) is 17.5. The van der Waals surface area contributed by atoms with Gasteiger partial charge in [-0.2, -0.15) is 5.26 Å². The van der Waals surface area contributed by atoms with E-state index in [0.29, 0.717) is 48.2 Å². The van der Waals surface area contributed by atoms with Crippen LogP contribution in [0.1, 0.15) is 71.9 Å². The van der Waals surface area contributed by atoms with Gasteiger partial charge in [-0.3, -0.25) is 19.5 Å². The summed E-state index contributed by atoms with van der Waals surface area (Å²) in [6.45, 7) is 8.70. The average Bonchev–Trinajstić information content (AvgIpc) is 3.20. The number of amides is 1.